The van der Waals surface area contributed by atoms with E-state index in [0.717, 1.165) is 18.2 Å². The van der Waals surface area contributed by atoms with Crippen molar-refractivity contribution in [2.75, 3.05) is 40.4 Å². The molecule has 29 heteroatoms. The highest BCUT2D eigenvalue weighted by Gasteiger charge is 2.29. The first-order chi connectivity index (χ1) is 41.3. The van der Waals surface area contributed by atoms with Crippen LogP contribution in [0.5, 0.6) is 11.5 Å². The van der Waals surface area contributed by atoms with Gasteiger partial charge in [-0.2, -0.15) is 0 Å². The van der Waals surface area contributed by atoms with Crippen molar-refractivity contribution in [2.45, 2.75) is 101 Å². The molecule has 4 atom stereocenters. The van der Waals surface area contributed by atoms with E-state index in [2.05, 4.69) is 35.9 Å². The molecular formula is C58H77F2N17O10. The molecule has 23 N–H and O–H groups in total. The Kier molecular flexibility index (Phi) is 27.7. The third kappa shape index (κ3) is 23.1. The predicted molar refractivity (Wildman–Crippen MR) is 324 cm³/mol. The lowest BCUT2D eigenvalue weighted by Gasteiger charge is -2.20. The number of nitrogens with one attached hydrogen (secondary N) is 3. The number of hydrogen-bond donors (Lipinski definition) is 13. The summed E-state index contributed by atoms with van der Waals surface area (Å²) in [6, 6.07) is 11.0. The summed E-state index contributed by atoms with van der Waals surface area (Å²) in [5, 5.41) is 7.90. The molecule has 0 radical (unpaired) electrons. The van der Waals surface area contributed by atoms with Gasteiger partial charge in [-0.25, -0.2) is 8.78 Å². The van der Waals surface area contributed by atoms with E-state index in [0.29, 0.717) is 12.0 Å². The van der Waals surface area contributed by atoms with E-state index >= 15 is 8.78 Å². The van der Waals surface area contributed by atoms with Crippen LogP contribution in [-0.2, 0) is 44.9 Å². The summed E-state index contributed by atoms with van der Waals surface area (Å²) >= 11 is 0. The van der Waals surface area contributed by atoms with Gasteiger partial charge in [0.2, 0.25) is 0 Å². The third-order valence-electron chi connectivity index (χ3n) is 13.4. The number of methoxy groups -OCH3 is 2. The van der Waals surface area contributed by atoms with E-state index in [-0.39, 0.29) is 147 Å². The van der Waals surface area contributed by atoms with E-state index in [9.17, 15) is 38.4 Å². The highest BCUT2D eigenvalue weighted by molar-refractivity contribution is 6.03. The zero-order valence-electron chi connectivity index (χ0n) is 48.5. The van der Waals surface area contributed by atoms with Crippen LogP contribution in [0.3, 0.4) is 0 Å². The first-order valence-electron chi connectivity index (χ1n) is 27.5. The van der Waals surface area contributed by atoms with Crippen LogP contribution in [0.15, 0.2) is 92.8 Å². The smallest absolute Gasteiger partial charge is 0.255 e. The number of nitrogens with zero attached hydrogens (tertiary/aromatic N) is 4. The fourth-order valence-corrected chi connectivity index (χ4v) is 8.96. The average Bonchev–Trinajstić information content (AvgIpc) is 1.76. The molecule has 4 amide bonds. The number of amides is 4. The Hall–Kier alpha value is -10.1. The molecule has 0 unspecified atom stereocenters. The molecule has 0 saturated carbocycles. The molecule has 0 bridgehead atoms. The lowest BCUT2D eigenvalue weighted by molar-refractivity contribution is -0.121. The minimum Gasteiger partial charge on any atom is -0.496 e. The third-order valence-corrected chi connectivity index (χ3v) is 13.4. The molecule has 0 fully saturated rings. The van der Waals surface area contributed by atoms with Crippen LogP contribution in [0, 0.1) is 11.6 Å². The number of ether oxygens (including phenoxy) is 2. The number of hydrogen-bond acceptors (Lipinski definition) is 15. The zero-order chi connectivity index (χ0) is 64.3. The van der Waals surface area contributed by atoms with E-state index in [4.69, 9.17) is 66.8 Å². The van der Waals surface area contributed by atoms with Crippen LogP contribution in [-0.4, -0.2) is 135 Å². The zero-order valence-corrected chi connectivity index (χ0v) is 48.5. The second-order valence-corrected chi connectivity index (χ2v) is 20.1. The van der Waals surface area contributed by atoms with Crippen LogP contribution >= 0.6 is 0 Å². The Morgan fingerprint density at radius 2 is 0.701 bits per heavy atom. The number of carbonyl (C=O) groups is 8. The number of aliphatic imine (C=N–C) groups is 4. The minimum atomic E-state index is -1.31. The molecule has 0 saturated heterocycles. The molecule has 0 aliphatic rings. The number of benzene rings is 4. The Morgan fingerprint density at radius 3 is 1.03 bits per heavy atom. The molecular weight excluding hydrogens is 1130 g/mol. The van der Waals surface area contributed by atoms with Gasteiger partial charge < -0.3 is 82.8 Å². The topological polar surface area (TPSA) is 501 Å². The number of rotatable bonds is 37. The number of Topliss-reactive ketones (excluding diaryl/α,β-unsaturated/α-hetero) is 4. The van der Waals surface area contributed by atoms with Crippen molar-refractivity contribution in [3.8, 4) is 11.5 Å². The van der Waals surface area contributed by atoms with Crippen molar-refractivity contribution in [3.63, 3.8) is 0 Å². The molecule has 468 valence electrons. The first-order valence-corrected chi connectivity index (χ1v) is 27.5. The second-order valence-electron chi connectivity index (χ2n) is 20.1. The molecule has 87 heavy (non-hydrogen) atoms. The quantitative estimate of drug-likeness (QED) is 0.0153. The monoisotopic (exact) mass is 1210 g/mol. The van der Waals surface area contributed by atoms with Gasteiger partial charge in [-0.05, 0) is 122 Å². The van der Waals surface area contributed by atoms with Gasteiger partial charge in [0.1, 0.15) is 23.1 Å². The van der Waals surface area contributed by atoms with Gasteiger partial charge >= 0.3 is 0 Å². The summed E-state index contributed by atoms with van der Waals surface area (Å²) in [4.78, 5) is 125. The summed E-state index contributed by atoms with van der Waals surface area (Å²) < 4.78 is 41.7. The van der Waals surface area contributed by atoms with Crippen molar-refractivity contribution in [3.05, 3.63) is 129 Å². The average molecular weight is 1210 g/mol. The van der Waals surface area contributed by atoms with Crippen LogP contribution in [0.2, 0.25) is 0 Å². The van der Waals surface area contributed by atoms with Crippen LogP contribution in [0.4, 0.5) is 8.78 Å². The standard InChI is InChI=1S/C58H77F2N17O10/c1-86-49-17-13-33(25-37(49)51(62)82)29-47(80)44(10-6-22-74-58(69)70)77-54(85)38-26-34(14-18-50(38)87-2)30-48(81)43(9-5-21-73-57(67)68)76-53(84)36-24-32(12-16-40(36)60)28-46(79)42(8-4-20-72-56(65)66)75-52(83)35-23-31(11-15-39(35)59)27-45(78)41(61)7-3-19-71-55(63)64/h11-18,23-26,41-44H,3-10,19-22,27-30,61H2,1-2H3,(H2,62,82)(H,75,83)(H,76,84)(H,77,85)(H4,63,64,71)(H4,65,66,72)(H4,67,68,73)(H4,69,70,74)/t41-,42-,43-,44-/m1/s1. The van der Waals surface area contributed by atoms with Gasteiger partial charge in [0.15, 0.2) is 47.0 Å². The van der Waals surface area contributed by atoms with Gasteiger partial charge in [0, 0.05) is 51.9 Å². The lowest BCUT2D eigenvalue weighted by atomic mass is 9.96. The van der Waals surface area contributed by atoms with Gasteiger partial charge in [-0.1, -0.05) is 24.3 Å². The molecule has 0 spiro atoms. The SMILES string of the molecule is COc1ccc(CC(=O)[C@@H](CCCN=C(N)N)NC(=O)c2cc(CC(=O)[C@@H](CCCN=C(N)N)NC(=O)c3cc(CC(=O)[C@@H](CCCN=C(N)N)NC(=O)c4cc(CC(=O)[C@H](N)CCCN=C(N)N)ccc4F)ccc3F)ccc2OC)cc1C(N)=O. The number of carbonyl (C=O) groups excluding carboxylic acids is 8. The second kappa shape index (κ2) is 34.7. The summed E-state index contributed by atoms with van der Waals surface area (Å²) in [5.74, 6) is -8.08. The van der Waals surface area contributed by atoms with Crippen molar-refractivity contribution < 1.29 is 56.6 Å². The van der Waals surface area contributed by atoms with Gasteiger partial charge in [0.05, 0.1) is 60.6 Å². The minimum absolute atomic E-state index is 0.0389. The molecule has 0 heterocycles. The van der Waals surface area contributed by atoms with E-state index in [1.165, 1.54) is 62.8 Å². The molecule has 0 aliphatic heterocycles. The maximum atomic E-state index is 15.7. The number of halogens is 2. The summed E-state index contributed by atoms with van der Waals surface area (Å²) in [6.07, 6.45) is -0.127. The Labute approximate surface area is 500 Å². The van der Waals surface area contributed by atoms with Crippen molar-refractivity contribution in [1.82, 2.24) is 16.0 Å². The number of guanidine groups is 4. The molecule has 0 aromatic heterocycles. The number of ketones is 4. The number of primary amides is 1. The fourth-order valence-electron chi connectivity index (χ4n) is 8.96. The molecule has 4 aromatic carbocycles. The molecule has 27 nitrogen and oxygen atoms in total. The molecule has 4 aromatic rings. The summed E-state index contributed by atoms with van der Waals surface area (Å²) in [5.41, 5.74) is 55.3. The highest BCUT2D eigenvalue weighted by Crippen LogP contribution is 2.24. The van der Waals surface area contributed by atoms with Gasteiger partial charge in [-0.3, -0.25) is 58.3 Å². The van der Waals surface area contributed by atoms with Crippen molar-refractivity contribution in [1.29, 1.82) is 0 Å². The van der Waals surface area contributed by atoms with Gasteiger partial charge in [0.25, 0.3) is 23.6 Å². The van der Waals surface area contributed by atoms with Crippen LogP contribution in [0.1, 0.15) is 115 Å². The molecule has 0 aliphatic carbocycles. The fraction of sp³-hybridized carbons (Fsp3) is 0.379. The normalized spacial score (nSPS) is 12.1. The maximum absolute atomic E-state index is 15.7. The van der Waals surface area contributed by atoms with E-state index in [1.54, 1.807) is 6.07 Å². The Bertz CT molecular complexity index is 3250. The predicted octanol–water partition coefficient (Wildman–Crippen LogP) is -0.535. The van der Waals surface area contributed by atoms with Crippen molar-refractivity contribution >= 4 is 70.6 Å². The van der Waals surface area contributed by atoms with E-state index < -0.39 is 107 Å². The number of nitrogens with two attached hydrogens (primary N) is 10. The van der Waals surface area contributed by atoms with Crippen molar-refractivity contribution in [2.24, 2.45) is 77.3 Å². The summed E-state index contributed by atoms with van der Waals surface area (Å²) in [6.45, 7) is 0.464. The lowest BCUT2D eigenvalue weighted by Crippen LogP contribution is -2.42. The Morgan fingerprint density at radius 1 is 0.414 bits per heavy atom. The van der Waals surface area contributed by atoms with Gasteiger partial charge in [-0.15, -0.1) is 0 Å². The highest BCUT2D eigenvalue weighted by atomic mass is 19.1. The first kappa shape index (κ1) is 69.4. The van der Waals surface area contributed by atoms with Crippen LogP contribution < -0.4 is 82.8 Å². The van der Waals surface area contributed by atoms with E-state index in [1.807, 2.05) is 0 Å². The van der Waals surface area contributed by atoms with Crippen LogP contribution in [0.25, 0.3) is 0 Å². The Balaban J connectivity index is 1.57. The maximum Gasteiger partial charge on any atom is 0.255 e. The largest absolute Gasteiger partial charge is 0.496 e. The molecule has 4 rings (SSSR count). The summed E-state index contributed by atoms with van der Waals surface area (Å²) in [7, 11) is 2.67.